The summed E-state index contributed by atoms with van der Waals surface area (Å²) in [7, 11) is 0. The number of alkyl carbamates (subject to hydrolysis) is 1. The van der Waals surface area contributed by atoms with Crippen molar-refractivity contribution in [2.75, 3.05) is 0 Å². The van der Waals surface area contributed by atoms with Crippen LogP contribution < -0.4 is 5.32 Å². The Hall–Kier alpha value is -1.43. The zero-order valence-corrected chi connectivity index (χ0v) is 14.9. The number of thiazole rings is 1. The molecule has 1 aliphatic carbocycles. The summed E-state index contributed by atoms with van der Waals surface area (Å²) in [5.74, 6) is 0.365. The Bertz CT molecular complexity index is 516. The quantitative estimate of drug-likeness (QED) is 0.817. The summed E-state index contributed by atoms with van der Waals surface area (Å²) in [4.78, 5) is 28.8. The number of ketones is 1. The standard InChI is InChI=1S/C17H26N2O3S/c1-17(2,3)22-16(21)19-13(11-12-7-5-4-6-8-12)14(20)15-18-9-10-23-15/h9-10,12-13H,4-8,11H2,1-3H3,(H,19,21). The minimum Gasteiger partial charge on any atom is -0.444 e. The van der Waals surface area contributed by atoms with E-state index in [1.165, 1.54) is 30.6 Å². The summed E-state index contributed by atoms with van der Waals surface area (Å²) in [6, 6.07) is -0.556. The highest BCUT2D eigenvalue weighted by atomic mass is 32.1. The molecule has 1 heterocycles. The van der Waals surface area contributed by atoms with E-state index in [1.807, 2.05) is 20.8 Å². The molecule has 5 nitrogen and oxygen atoms in total. The van der Waals surface area contributed by atoms with Crippen LogP contribution in [0.3, 0.4) is 0 Å². The first-order valence-electron chi connectivity index (χ1n) is 8.28. The maximum absolute atomic E-state index is 12.7. The van der Waals surface area contributed by atoms with E-state index in [1.54, 1.807) is 11.6 Å². The zero-order chi connectivity index (χ0) is 16.9. The number of carbonyl (C=O) groups excluding carboxylic acids is 2. The average molecular weight is 338 g/mol. The first-order chi connectivity index (χ1) is 10.8. The number of nitrogens with one attached hydrogen (secondary N) is 1. The van der Waals surface area contributed by atoms with Gasteiger partial charge >= 0.3 is 6.09 Å². The second kappa shape index (κ2) is 7.90. The Morgan fingerprint density at radius 1 is 1.35 bits per heavy atom. The number of rotatable bonds is 5. The Kier molecular flexibility index (Phi) is 6.16. The number of ether oxygens (including phenoxy) is 1. The highest BCUT2D eigenvalue weighted by Crippen LogP contribution is 2.28. The maximum Gasteiger partial charge on any atom is 0.408 e. The topological polar surface area (TPSA) is 68.3 Å². The van der Waals surface area contributed by atoms with Crippen LogP contribution in [0.15, 0.2) is 11.6 Å². The Balaban J connectivity index is 2.04. The fourth-order valence-corrected chi connectivity index (χ4v) is 3.56. The third kappa shape index (κ3) is 5.94. The van der Waals surface area contributed by atoms with Crippen molar-refractivity contribution in [2.45, 2.75) is 70.9 Å². The van der Waals surface area contributed by atoms with Crippen LogP contribution >= 0.6 is 11.3 Å². The number of nitrogens with zero attached hydrogens (tertiary/aromatic N) is 1. The van der Waals surface area contributed by atoms with Crippen LogP contribution in [0.2, 0.25) is 0 Å². The molecule has 1 atom stereocenters. The second-order valence-corrected chi connectivity index (χ2v) is 8.03. The van der Waals surface area contributed by atoms with Crippen molar-refractivity contribution in [3.8, 4) is 0 Å². The minimum absolute atomic E-state index is 0.114. The number of hydrogen-bond donors (Lipinski definition) is 1. The Morgan fingerprint density at radius 3 is 2.61 bits per heavy atom. The van der Waals surface area contributed by atoms with Gasteiger partial charge in [0.1, 0.15) is 5.60 Å². The SMILES string of the molecule is CC(C)(C)OC(=O)NC(CC1CCCCC1)C(=O)c1nccs1. The van der Waals surface area contributed by atoms with E-state index in [0.717, 1.165) is 12.8 Å². The molecule has 0 bridgehead atoms. The highest BCUT2D eigenvalue weighted by Gasteiger charge is 2.29. The molecule has 1 unspecified atom stereocenters. The molecular formula is C17H26N2O3S. The number of amides is 1. The van der Waals surface area contributed by atoms with Crippen LogP contribution in [0.1, 0.15) is 69.1 Å². The van der Waals surface area contributed by atoms with Gasteiger partial charge in [-0.15, -0.1) is 11.3 Å². The van der Waals surface area contributed by atoms with Gasteiger partial charge in [0.2, 0.25) is 5.78 Å². The molecule has 1 N–H and O–H groups in total. The van der Waals surface area contributed by atoms with Crippen molar-refractivity contribution in [3.05, 3.63) is 16.6 Å². The molecule has 0 spiro atoms. The maximum atomic E-state index is 12.7. The lowest BCUT2D eigenvalue weighted by Gasteiger charge is -2.27. The normalized spacial score (nSPS) is 17.5. The monoisotopic (exact) mass is 338 g/mol. The van der Waals surface area contributed by atoms with Gasteiger partial charge in [-0.05, 0) is 33.1 Å². The molecule has 1 saturated carbocycles. The molecule has 6 heteroatoms. The van der Waals surface area contributed by atoms with Crippen LogP contribution in [0, 0.1) is 5.92 Å². The average Bonchev–Trinajstić information content (AvgIpc) is 2.99. The number of aromatic nitrogens is 1. The van der Waals surface area contributed by atoms with Gasteiger partial charge in [-0.1, -0.05) is 32.1 Å². The van der Waals surface area contributed by atoms with Gasteiger partial charge in [-0.2, -0.15) is 0 Å². The summed E-state index contributed by atoms with van der Waals surface area (Å²) in [5.41, 5.74) is -0.580. The van der Waals surface area contributed by atoms with Crippen molar-refractivity contribution in [2.24, 2.45) is 5.92 Å². The largest absolute Gasteiger partial charge is 0.444 e. The minimum atomic E-state index is -0.580. The fourth-order valence-electron chi connectivity index (χ4n) is 2.93. The summed E-state index contributed by atoms with van der Waals surface area (Å²) < 4.78 is 5.31. The Morgan fingerprint density at radius 2 is 2.04 bits per heavy atom. The summed E-state index contributed by atoms with van der Waals surface area (Å²) >= 11 is 1.31. The molecule has 0 aliphatic heterocycles. The highest BCUT2D eigenvalue weighted by molar-refractivity contribution is 7.11. The molecule has 2 rings (SSSR count). The van der Waals surface area contributed by atoms with Crippen molar-refractivity contribution >= 4 is 23.2 Å². The van der Waals surface area contributed by atoms with Crippen LogP contribution in [-0.4, -0.2) is 28.5 Å². The summed E-state index contributed by atoms with van der Waals surface area (Å²) in [6.45, 7) is 5.43. The van der Waals surface area contributed by atoms with Crippen molar-refractivity contribution < 1.29 is 14.3 Å². The molecule has 1 amide bonds. The fraction of sp³-hybridized carbons (Fsp3) is 0.706. The van der Waals surface area contributed by atoms with Crippen LogP contribution in [-0.2, 0) is 4.74 Å². The third-order valence-electron chi connectivity index (χ3n) is 3.94. The number of hydrogen-bond acceptors (Lipinski definition) is 5. The van der Waals surface area contributed by atoms with E-state index in [9.17, 15) is 9.59 Å². The van der Waals surface area contributed by atoms with E-state index in [2.05, 4.69) is 10.3 Å². The van der Waals surface area contributed by atoms with E-state index < -0.39 is 17.7 Å². The van der Waals surface area contributed by atoms with Gasteiger partial charge < -0.3 is 10.1 Å². The van der Waals surface area contributed by atoms with E-state index in [-0.39, 0.29) is 5.78 Å². The van der Waals surface area contributed by atoms with E-state index in [4.69, 9.17) is 4.74 Å². The van der Waals surface area contributed by atoms with Gasteiger partial charge in [-0.25, -0.2) is 9.78 Å². The van der Waals surface area contributed by atoms with Crippen LogP contribution in [0.5, 0.6) is 0 Å². The predicted molar refractivity (Wildman–Crippen MR) is 90.8 cm³/mol. The van der Waals surface area contributed by atoms with Crippen molar-refractivity contribution in [1.82, 2.24) is 10.3 Å². The van der Waals surface area contributed by atoms with E-state index in [0.29, 0.717) is 17.3 Å². The summed E-state index contributed by atoms with van der Waals surface area (Å²) in [5, 5.41) is 4.99. The summed E-state index contributed by atoms with van der Waals surface area (Å²) in [6.07, 6.45) is 7.66. The van der Waals surface area contributed by atoms with Crippen LogP contribution in [0.4, 0.5) is 4.79 Å². The molecule has 0 radical (unpaired) electrons. The molecule has 128 valence electrons. The Labute approximate surface area is 141 Å². The zero-order valence-electron chi connectivity index (χ0n) is 14.1. The van der Waals surface area contributed by atoms with Gasteiger partial charge in [0.05, 0.1) is 6.04 Å². The first kappa shape index (κ1) is 17.9. The molecule has 1 fully saturated rings. The van der Waals surface area contributed by atoms with Gasteiger partial charge in [-0.3, -0.25) is 4.79 Å². The lowest BCUT2D eigenvalue weighted by molar-refractivity contribution is 0.0481. The molecule has 0 saturated heterocycles. The van der Waals surface area contributed by atoms with Crippen LogP contribution in [0.25, 0.3) is 0 Å². The molecule has 0 aromatic carbocycles. The van der Waals surface area contributed by atoms with Gasteiger partial charge in [0.15, 0.2) is 5.01 Å². The van der Waals surface area contributed by atoms with Gasteiger partial charge in [0, 0.05) is 11.6 Å². The lowest BCUT2D eigenvalue weighted by Crippen LogP contribution is -2.44. The van der Waals surface area contributed by atoms with Crippen molar-refractivity contribution in [3.63, 3.8) is 0 Å². The molecule has 1 aliphatic rings. The second-order valence-electron chi connectivity index (χ2n) is 7.14. The predicted octanol–water partition coefficient (Wildman–Crippen LogP) is 4.19. The lowest BCUT2D eigenvalue weighted by atomic mass is 9.84. The smallest absolute Gasteiger partial charge is 0.408 e. The van der Waals surface area contributed by atoms with E-state index >= 15 is 0 Å². The third-order valence-corrected chi connectivity index (χ3v) is 4.73. The van der Waals surface area contributed by atoms with Crippen molar-refractivity contribution in [1.29, 1.82) is 0 Å². The molecular weight excluding hydrogens is 312 g/mol. The molecule has 1 aromatic heterocycles. The molecule has 1 aromatic rings. The molecule has 23 heavy (non-hydrogen) atoms. The first-order valence-corrected chi connectivity index (χ1v) is 9.16. The van der Waals surface area contributed by atoms with Gasteiger partial charge in [0.25, 0.3) is 0 Å². The number of carbonyl (C=O) groups is 2. The number of Topliss-reactive ketones (excluding diaryl/α,β-unsaturated/α-hetero) is 1.